The zero-order valence-corrected chi connectivity index (χ0v) is 15.0. The van der Waals surface area contributed by atoms with Gasteiger partial charge in [0, 0.05) is 12.2 Å². The van der Waals surface area contributed by atoms with Crippen LogP contribution in [-0.4, -0.2) is 38.2 Å². The number of nitriles is 1. The number of carbonyl (C=O) groups is 1. The Balaban J connectivity index is 1.83. The van der Waals surface area contributed by atoms with Crippen LogP contribution in [0.4, 0.5) is 0 Å². The van der Waals surface area contributed by atoms with Crippen LogP contribution < -0.4 is 0 Å². The number of likely N-dealkylation sites (tertiary alicyclic amines) is 1. The first-order valence-electron chi connectivity index (χ1n) is 8.69. The van der Waals surface area contributed by atoms with E-state index >= 15 is 0 Å². The average molecular weight is 337 g/mol. The molecule has 1 saturated heterocycles. The highest BCUT2D eigenvalue weighted by Crippen LogP contribution is 2.21. The minimum atomic E-state index is -0.0566. The molecule has 0 aromatic carbocycles. The molecule has 25 heavy (non-hydrogen) atoms. The van der Waals surface area contributed by atoms with Crippen molar-refractivity contribution in [2.24, 2.45) is 0 Å². The Morgan fingerprint density at radius 2 is 2.12 bits per heavy atom. The quantitative estimate of drug-likeness (QED) is 0.863. The van der Waals surface area contributed by atoms with Crippen molar-refractivity contribution < 1.29 is 4.79 Å². The average Bonchev–Trinajstić information content (AvgIpc) is 2.92. The van der Waals surface area contributed by atoms with Crippen molar-refractivity contribution in [3.63, 3.8) is 0 Å². The van der Waals surface area contributed by atoms with Crippen molar-refractivity contribution in [2.75, 3.05) is 6.54 Å². The smallest absolute Gasteiger partial charge is 0.272 e. The largest absolute Gasteiger partial charge is 0.332 e. The van der Waals surface area contributed by atoms with Gasteiger partial charge in [0.25, 0.3) is 5.91 Å². The van der Waals surface area contributed by atoms with E-state index in [-0.39, 0.29) is 11.9 Å². The number of nitrogens with zero attached hydrogens (tertiary/aromatic N) is 5. The van der Waals surface area contributed by atoms with E-state index < -0.39 is 0 Å². The summed E-state index contributed by atoms with van der Waals surface area (Å²) in [4.78, 5) is 19.3. The van der Waals surface area contributed by atoms with Crippen molar-refractivity contribution >= 4 is 5.91 Å². The van der Waals surface area contributed by atoms with Crippen molar-refractivity contribution in [2.45, 2.75) is 52.6 Å². The fourth-order valence-corrected chi connectivity index (χ4v) is 3.46. The molecule has 0 saturated carbocycles. The fourth-order valence-electron chi connectivity index (χ4n) is 3.46. The van der Waals surface area contributed by atoms with Gasteiger partial charge in [-0.3, -0.25) is 9.48 Å². The normalized spacial score (nSPS) is 17.4. The van der Waals surface area contributed by atoms with Gasteiger partial charge >= 0.3 is 0 Å². The molecule has 1 aliphatic heterocycles. The van der Waals surface area contributed by atoms with Crippen LogP contribution in [0.3, 0.4) is 0 Å². The van der Waals surface area contributed by atoms with E-state index in [9.17, 15) is 4.79 Å². The van der Waals surface area contributed by atoms with Crippen molar-refractivity contribution in [3.05, 3.63) is 46.5 Å². The van der Waals surface area contributed by atoms with Crippen LogP contribution in [0.1, 0.15) is 52.4 Å². The van der Waals surface area contributed by atoms with Gasteiger partial charge in [-0.05, 0) is 58.2 Å². The van der Waals surface area contributed by atoms with E-state index in [1.165, 1.54) is 0 Å². The van der Waals surface area contributed by atoms with Gasteiger partial charge in [0.05, 0.1) is 29.5 Å². The molecular weight excluding hydrogens is 314 g/mol. The molecule has 6 heteroatoms. The fraction of sp³-hybridized carbons (Fsp3) is 0.474. The Labute approximate surface area is 148 Å². The lowest BCUT2D eigenvalue weighted by Gasteiger charge is -2.35. The Kier molecular flexibility index (Phi) is 4.84. The summed E-state index contributed by atoms with van der Waals surface area (Å²) in [5, 5.41) is 13.6. The zero-order valence-electron chi connectivity index (χ0n) is 15.0. The third kappa shape index (κ3) is 3.55. The van der Waals surface area contributed by atoms with Crippen molar-refractivity contribution in [3.8, 4) is 6.07 Å². The lowest BCUT2D eigenvalue weighted by Crippen LogP contribution is -2.46. The molecule has 3 heterocycles. The minimum Gasteiger partial charge on any atom is -0.332 e. The van der Waals surface area contributed by atoms with Crippen LogP contribution in [-0.2, 0) is 6.54 Å². The zero-order chi connectivity index (χ0) is 18.0. The van der Waals surface area contributed by atoms with Crippen LogP contribution in [0.15, 0.2) is 18.2 Å². The third-order valence-electron chi connectivity index (χ3n) is 4.80. The molecular formula is C19H23N5O. The molecule has 0 bridgehead atoms. The second-order valence-corrected chi connectivity index (χ2v) is 6.70. The summed E-state index contributed by atoms with van der Waals surface area (Å²) in [6.07, 6.45) is 3.10. The van der Waals surface area contributed by atoms with Crippen molar-refractivity contribution in [1.29, 1.82) is 5.26 Å². The standard InChI is InChI=1S/C19H23N5O/c1-13-10-14(2)24(22-13)12-17-6-4-5-9-23(17)19(25)18-8-7-16(11-20)15(3)21-18/h7-8,10,17H,4-6,9,12H2,1-3H3/t17-/m0/s1. The summed E-state index contributed by atoms with van der Waals surface area (Å²) >= 11 is 0. The Hall–Kier alpha value is -2.68. The third-order valence-corrected chi connectivity index (χ3v) is 4.80. The maximum absolute atomic E-state index is 13.0. The summed E-state index contributed by atoms with van der Waals surface area (Å²) in [6.45, 7) is 7.24. The number of amides is 1. The predicted octanol–water partition coefficient (Wildman–Crippen LogP) is 2.77. The van der Waals surface area contributed by atoms with Gasteiger partial charge in [0.1, 0.15) is 11.8 Å². The molecule has 0 unspecified atom stereocenters. The highest BCUT2D eigenvalue weighted by Gasteiger charge is 2.29. The molecule has 3 rings (SSSR count). The molecule has 0 N–H and O–H groups in total. The second kappa shape index (κ2) is 7.06. The number of hydrogen-bond acceptors (Lipinski definition) is 4. The predicted molar refractivity (Wildman–Crippen MR) is 94.1 cm³/mol. The van der Waals surface area contributed by atoms with E-state index in [4.69, 9.17) is 5.26 Å². The van der Waals surface area contributed by atoms with Gasteiger partial charge in [-0.1, -0.05) is 0 Å². The molecule has 2 aromatic rings. The first-order valence-corrected chi connectivity index (χ1v) is 8.69. The summed E-state index contributed by atoms with van der Waals surface area (Å²) in [5.74, 6) is -0.0566. The minimum absolute atomic E-state index is 0.0566. The first-order chi connectivity index (χ1) is 12.0. The van der Waals surface area contributed by atoms with Gasteiger partial charge in [-0.25, -0.2) is 4.98 Å². The molecule has 0 aliphatic carbocycles. The Morgan fingerprint density at radius 3 is 2.76 bits per heavy atom. The summed E-state index contributed by atoms with van der Waals surface area (Å²) in [6, 6.07) is 7.60. The Morgan fingerprint density at radius 1 is 1.32 bits per heavy atom. The Bertz CT molecular complexity index is 833. The van der Waals surface area contributed by atoms with E-state index in [1.807, 2.05) is 23.4 Å². The van der Waals surface area contributed by atoms with E-state index in [2.05, 4.69) is 22.2 Å². The molecule has 1 atom stereocenters. The maximum Gasteiger partial charge on any atom is 0.272 e. The number of rotatable bonds is 3. The number of aromatic nitrogens is 3. The molecule has 6 nitrogen and oxygen atoms in total. The van der Waals surface area contributed by atoms with Crippen LogP contribution in [0.25, 0.3) is 0 Å². The van der Waals surface area contributed by atoms with Gasteiger partial charge in [0.15, 0.2) is 0 Å². The van der Waals surface area contributed by atoms with Crippen molar-refractivity contribution in [1.82, 2.24) is 19.7 Å². The molecule has 1 amide bonds. The van der Waals surface area contributed by atoms with Gasteiger partial charge < -0.3 is 4.90 Å². The molecule has 0 radical (unpaired) electrons. The summed E-state index contributed by atoms with van der Waals surface area (Å²) in [5.41, 5.74) is 3.63. The number of hydrogen-bond donors (Lipinski definition) is 0. The highest BCUT2D eigenvalue weighted by atomic mass is 16.2. The lowest BCUT2D eigenvalue weighted by molar-refractivity contribution is 0.0576. The van der Waals surface area contributed by atoms with E-state index in [1.54, 1.807) is 19.1 Å². The van der Waals surface area contributed by atoms with E-state index in [0.717, 1.165) is 37.2 Å². The van der Waals surface area contributed by atoms with E-state index in [0.29, 0.717) is 23.5 Å². The summed E-state index contributed by atoms with van der Waals surface area (Å²) in [7, 11) is 0. The first kappa shape index (κ1) is 17.2. The number of piperidine rings is 1. The molecule has 130 valence electrons. The topological polar surface area (TPSA) is 74.8 Å². The maximum atomic E-state index is 13.0. The molecule has 1 aliphatic rings. The van der Waals surface area contributed by atoms with Gasteiger partial charge in [0.2, 0.25) is 0 Å². The summed E-state index contributed by atoms with van der Waals surface area (Å²) < 4.78 is 1.99. The van der Waals surface area contributed by atoms with Gasteiger partial charge in [-0.15, -0.1) is 0 Å². The van der Waals surface area contributed by atoms with Crippen LogP contribution in [0.5, 0.6) is 0 Å². The van der Waals surface area contributed by atoms with Crippen LogP contribution in [0, 0.1) is 32.1 Å². The van der Waals surface area contributed by atoms with Crippen LogP contribution in [0.2, 0.25) is 0 Å². The highest BCUT2D eigenvalue weighted by molar-refractivity contribution is 5.92. The number of aryl methyl sites for hydroxylation is 3. The molecule has 1 fully saturated rings. The number of carbonyl (C=O) groups excluding carboxylic acids is 1. The molecule has 2 aromatic heterocycles. The molecule has 0 spiro atoms. The lowest BCUT2D eigenvalue weighted by atomic mass is 10.0. The monoisotopic (exact) mass is 337 g/mol. The SMILES string of the molecule is Cc1cc(C)n(C[C@@H]2CCCCN2C(=O)c2ccc(C#N)c(C)n2)n1. The second-order valence-electron chi connectivity index (χ2n) is 6.70. The van der Waals surface area contributed by atoms with Crippen LogP contribution >= 0.6 is 0 Å². The van der Waals surface area contributed by atoms with Gasteiger partial charge in [-0.2, -0.15) is 10.4 Å². The number of pyridine rings is 1.